The predicted octanol–water partition coefficient (Wildman–Crippen LogP) is 1.65. The molecule has 1 aromatic heterocycles. The Labute approximate surface area is 207 Å². The average Bonchev–Trinajstić information content (AvgIpc) is 2.87. The molecule has 0 unspecified atom stereocenters. The fraction of sp³-hybridized carbons (Fsp3) is 0.292. The first-order valence-electron chi connectivity index (χ1n) is 11.1. The van der Waals surface area contributed by atoms with Crippen molar-refractivity contribution in [1.82, 2.24) is 15.2 Å². The zero-order valence-electron chi connectivity index (χ0n) is 19.6. The molecule has 2 aliphatic heterocycles. The van der Waals surface area contributed by atoms with Gasteiger partial charge in [0, 0.05) is 37.4 Å². The Morgan fingerprint density at radius 1 is 1.11 bits per heavy atom. The Bertz CT molecular complexity index is 1500. The number of nitrogens with zero attached hydrogens (tertiary/aromatic N) is 2. The molecule has 0 saturated carbocycles. The molecule has 2 aromatic carbocycles. The molecule has 36 heavy (non-hydrogen) atoms. The van der Waals surface area contributed by atoms with Gasteiger partial charge in [0.25, 0.3) is 11.8 Å². The van der Waals surface area contributed by atoms with Crippen molar-refractivity contribution in [3.05, 3.63) is 53.7 Å². The van der Waals surface area contributed by atoms with Gasteiger partial charge in [-0.15, -0.1) is 0 Å². The SMILES string of the molecule is COc1cc(C(=O)N2CCC3(CC2)NC(=O)c2cc(S(N)(=O)=O)ccc2O3)nc2c(OC)cccc12. The molecule has 0 aliphatic carbocycles. The number of piperidine rings is 1. The number of pyridine rings is 1. The summed E-state index contributed by atoms with van der Waals surface area (Å²) in [6.45, 7) is 0.606. The van der Waals surface area contributed by atoms with Crippen molar-refractivity contribution >= 4 is 32.7 Å². The maximum atomic E-state index is 13.3. The van der Waals surface area contributed by atoms with E-state index in [9.17, 15) is 18.0 Å². The number of carbonyl (C=O) groups excluding carboxylic acids is 2. The largest absolute Gasteiger partial charge is 0.496 e. The summed E-state index contributed by atoms with van der Waals surface area (Å²) in [5.41, 5.74) is -0.183. The first-order chi connectivity index (χ1) is 17.1. The molecular weight excluding hydrogens is 488 g/mol. The fourth-order valence-electron chi connectivity index (χ4n) is 4.56. The normalized spacial score (nSPS) is 16.8. The molecule has 188 valence electrons. The predicted molar refractivity (Wildman–Crippen MR) is 129 cm³/mol. The number of sulfonamides is 1. The maximum Gasteiger partial charge on any atom is 0.272 e. The number of rotatable bonds is 4. The first-order valence-corrected chi connectivity index (χ1v) is 12.7. The van der Waals surface area contributed by atoms with Gasteiger partial charge in [-0.25, -0.2) is 18.5 Å². The van der Waals surface area contributed by atoms with Crippen LogP contribution in [0.1, 0.15) is 33.7 Å². The van der Waals surface area contributed by atoms with Crippen LogP contribution in [0.15, 0.2) is 47.4 Å². The van der Waals surface area contributed by atoms with Crippen LogP contribution in [0.3, 0.4) is 0 Å². The van der Waals surface area contributed by atoms with Crippen LogP contribution in [0.25, 0.3) is 10.9 Å². The third-order valence-corrected chi connectivity index (χ3v) is 7.36. The molecule has 5 rings (SSSR count). The molecule has 3 aromatic rings. The molecule has 2 amide bonds. The third kappa shape index (κ3) is 4.07. The molecule has 2 aliphatic rings. The summed E-state index contributed by atoms with van der Waals surface area (Å²) in [5, 5.41) is 8.74. The van der Waals surface area contributed by atoms with E-state index in [4.69, 9.17) is 19.3 Å². The second-order valence-corrected chi connectivity index (χ2v) is 10.2. The number of amides is 2. The monoisotopic (exact) mass is 512 g/mol. The lowest BCUT2D eigenvalue weighted by molar-refractivity contribution is -0.0247. The molecule has 3 N–H and O–H groups in total. The molecule has 3 heterocycles. The Hall–Kier alpha value is -3.90. The van der Waals surface area contributed by atoms with E-state index in [1.807, 2.05) is 12.1 Å². The van der Waals surface area contributed by atoms with Gasteiger partial charge in [-0.1, -0.05) is 6.07 Å². The number of likely N-dealkylation sites (tertiary alicyclic amines) is 1. The van der Waals surface area contributed by atoms with Crippen LogP contribution in [0.4, 0.5) is 0 Å². The highest BCUT2D eigenvalue weighted by molar-refractivity contribution is 7.89. The van der Waals surface area contributed by atoms with Crippen LogP contribution >= 0.6 is 0 Å². The van der Waals surface area contributed by atoms with Crippen LogP contribution in [0, 0.1) is 0 Å². The van der Waals surface area contributed by atoms with Gasteiger partial charge >= 0.3 is 0 Å². The Morgan fingerprint density at radius 3 is 2.50 bits per heavy atom. The number of fused-ring (bicyclic) bond motifs is 2. The van der Waals surface area contributed by atoms with Gasteiger partial charge in [0.15, 0.2) is 5.72 Å². The lowest BCUT2D eigenvalue weighted by atomic mass is 9.96. The van der Waals surface area contributed by atoms with Crippen molar-refractivity contribution in [2.24, 2.45) is 5.14 Å². The quantitative estimate of drug-likeness (QED) is 0.536. The third-order valence-electron chi connectivity index (χ3n) is 6.45. The van der Waals surface area contributed by atoms with Gasteiger partial charge in [-0.3, -0.25) is 9.59 Å². The lowest BCUT2D eigenvalue weighted by Crippen LogP contribution is -2.61. The Kier molecular flexibility index (Phi) is 5.72. The van der Waals surface area contributed by atoms with Crippen molar-refractivity contribution in [3.63, 3.8) is 0 Å². The highest BCUT2D eigenvalue weighted by Crippen LogP contribution is 2.36. The van der Waals surface area contributed by atoms with Crippen LogP contribution in [0.5, 0.6) is 17.2 Å². The maximum absolute atomic E-state index is 13.3. The summed E-state index contributed by atoms with van der Waals surface area (Å²) in [6.07, 6.45) is 0.657. The first kappa shape index (κ1) is 23.8. The number of ether oxygens (including phenoxy) is 3. The lowest BCUT2D eigenvalue weighted by Gasteiger charge is -2.44. The van der Waals surface area contributed by atoms with E-state index in [1.54, 1.807) is 17.0 Å². The number of aromatic nitrogens is 1. The molecule has 0 atom stereocenters. The van der Waals surface area contributed by atoms with Gasteiger partial charge < -0.3 is 24.4 Å². The van der Waals surface area contributed by atoms with E-state index in [0.717, 1.165) is 5.39 Å². The molecule has 1 saturated heterocycles. The number of hydrogen-bond donors (Lipinski definition) is 2. The highest BCUT2D eigenvalue weighted by atomic mass is 32.2. The number of nitrogens with two attached hydrogens (primary N) is 1. The van der Waals surface area contributed by atoms with Gasteiger partial charge in [0.05, 0.1) is 24.7 Å². The Balaban J connectivity index is 1.37. The fourth-order valence-corrected chi connectivity index (χ4v) is 5.10. The zero-order chi connectivity index (χ0) is 25.7. The second-order valence-electron chi connectivity index (χ2n) is 8.61. The topological polar surface area (TPSA) is 150 Å². The minimum absolute atomic E-state index is 0.0899. The second kappa shape index (κ2) is 8.64. The van der Waals surface area contributed by atoms with Crippen LogP contribution in [-0.2, 0) is 10.0 Å². The number of nitrogens with one attached hydrogen (secondary N) is 1. The number of methoxy groups -OCH3 is 2. The summed E-state index contributed by atoms with van der Waals surface area (Å²) in [5.74, 6) is 0.555. The van der Waals surface area contributed by atoms with Crippen LogP contribution in [0.2, 0.25) is 0 Å². The standard InChI is InChI=1S/C24H24N4O7S/c1-33-19-5-3-4-15-20(34-2)13-17(26-21(15)19)23(30)28-10-8-24(9-11-28)27-22(29)16-12-14(36(25,31)32)6-7-18(16)35-24/h3-7,12-13H,8-11H2,1-2H3,(H,27,29)(H2,25,31,32). The minimum atomic E-state index is -3.96. The molecular formula is C24H24N4O7S. The summed E-state index contributed by atoms with van der Waals surface area (Å²) in [7, 11) is -0.899. The van der Waals surface area contributed by atoms with Gasteiger partial charge in [0.2, 0.25) is 10.0 Å². The minimum Gasteiger partial charge on any atom is -0.496 e. The number of carbonyl (C=O) groups is 2. The van der Waals surface area contributed by atoms with Crippen LogP contribution < -0.4 is 24.7 Å². The highest BCUT2D eigenvalue weighted by Gasteiger charge is 2.43. The number of primary sulfonamides is 1. The van der Waals surface area contributed by atoms with Crippen LogP contribution in [-0.4, -0.2) is 63.2 Å². The molecule has 0 radical (unpaired) electrons. The van der Waals surface area contributed by atoms with Gasteiger partial charge in [0.1, 0.15) is 28.5 Å². The summed E-state index contributed by atoms with van der Waals surface area (Å²) in [4.78, 5) is 32.1. The molecule has 0 bridgehead atoms. The van der Waals surface area contributed by atoms with E-state index in [1.165, 1.54) is 32.4 Å². The van der Waals surface area contributed by atoms with Crippen molar-refractivity contribution < 1.29 is 32.2 Å². The van der Waals surface area contributed by atoms with Gasteiger partial charge in [-0.05, 0) is 30.3 Å². The summed E-state index contributed by atoms with van der Waals surface area (Å²) in [6, 6.07) is 10.9. The summed E-state index contributed by atoms with van der Waals surface area (Å²) < 4.78 is 40.3. The number of hydrogen-bond acceptors (Lipinski definition) is 8. The molecule has 1 fully saturated rings. The van der Waals surface area contributed by atoms with Crippen molar-refractivity contribution in [1.29, 1.82) is 0 Å². The molecule has 12 heteroatoms. The van der Waals surface area contributed by atoms with E-state index >= 15 is 0 Å². The van der Waals surface area contributed by atoms with E-state index in [2.05, 4.69) is 10.3 Å². The number of para-hydroxylation sites is 1. The Morgan fingerprint density at radius 2 is 1.83 bits per heavy atom. The van der Waals surface area contributed by atoms with E-state index in [0.29, 0.717) is 42.9 Å². The van der Waals surface area contributed by atoms with Crippen molar-refractivity contribution in [3.8, 4) is 17.2 Å². The smallest absolute Gasteiger partial charge is 0.272 e. The van der Waals surface area contributed by atoms with Crippen molar-refractivity contribution in [2.75, 3.05) is 27.3 Å². The zero-order valence-corrected chi connectivity index (χ0v) is 20.4. The van der Waals surface area contributed by atoms with E-state index < -0.39 is 21.7 Å². The molecule has 11 nitrogen and oxygen atoms in total. The molecule has 1 spiro atoms. The van der Waals surface area contributed by atoms with E-state index in [-0.39, 0.29) is 27.8 Å². The van der Waals surface area contributed by atoms with Gasteiger partial charge in [-0.2, -0.15) is 0 Å². The number of benzene rings is 2. The average molecular weight is 513 g/mol. The van der Waals surface area contributed by atoms with Crippen molar-refractivity contribution in [2.45, 2.75) is 23.5 Å². The summed E-state index contributed by atoms with van der Waals surface area (Å²) >= 11 is 0.